The van der Waals surface area contributed by atoms with E-state index in [1.807, 2.05) is 86.6 Å². The Morgan fingerprint density at radius 2 is 1.06 bits per heavy atom. The number of rotatable bonds is 8. The largest absolute Gasteiger partial charge is 0.465 e. The zero-order valence-corrected chi connectivity index (χ0v) is 42.3. The van der Waals surface area contributed by atoms with E-state index >= 15 is 0 Å². The molecule has 3 aliphatic heterocycles. The number of ether oxygens (including phenoxy) is 4. The number of hydrogen-bond acceptors (Lipinski definition) is 8. The number of esters is 2. The van der Waals surface area contributed by atoms with Gasteiger partial charge in [0.2, 0.25) is 0 Å². The van der Waals surface area contributed by atoms with Gasteiger partial charge in [-0.2, -0.15) is 0 Å². The Balaban J connectivity index is 0.000000209. The standard InChI is InChI=1S/C26H25Br2NO3.C25H21Br2NO3.2CH4/c1-5-29(6-2)22-14-24-19(13-21(22)28)25(16-9-7-8-10-17(16)26(30)31-4)18-12-20(27)15(3)11-23(18)32-24;1-4-28(5-2)21-13-23-18(12-20(21)27)25(16-9-7-6-8-15(16)24(29)31-25)17-11-19(26)14(3)10-22(17)30-23;;/h7-14,25H,5-6H2,1-4H3;6-13H,4-5H2,1-3H3;2*1H4. The molecule has 0 saturated heterocycles. The molecule has 3 aliphatic rings. The Kier molecular flexibility index (Phi) is 15.4. The van der Waals surface area contributed by atoms with E-state index in [1.54, 1.807) is 0 Å². The second kappa shape index (κ2) is 20.1. The zero-order valence-electron chi connectivity index (χ0n) is 36.0. The molecule has 3 heterocycles. The van der Waals surface area contributed by atoms with Gasteiger partial charge in [-0.25, -0.2) is 9.59 Å². The molecule has 0 saturated carbocycles. The Morgan fingerprint density at radius 1 is 0.600 bits per heavy atom. The van der Waals surface area contributed by atoms with Crippen molar-refractivity contribution < 1.29 is 28.5 Å². The minimum atomic E-state index is -1.06. The lowest BCUT2D eigenvalue weighted by atomic mass is 9.77. The smallest absolute Gasteiger partial charge is 0.340 e. The van der Waals surface area contributed by atoms with Crippen molar-refractivity contribution in [2.45, 2.75) is 67.9 Å². The van der Waals surface area contributed by atoms with Gasteiger partial charge in [0.25, 0.3) is 0 Å². The summed E-state index contributed by atoms with van der Waals surface area (Å²) in [6.07, 6.45) is 0. The fraction of sp³-hybridized carbons (Fsp3) is 0.283. The number of benzene rings is 6. The summed E-state index contributed by atoms with van der Waals surface area (Å²) in [5.41, 5.74) is 9.74. The highest BCUT2D eigenvalue weighted by atomic mass is 79.9. The monoisotopic (exact) mass is 1130 g/mol. The van der Waals surface area contributed by atoms with Crippen molar-refractivity contribution in [3.8, 4) is 23.0 Å². The van der Waals surface area contributed by atoms with Crippen molar-refractivity contribution in [2.75, 3.05) is 43.1 Å². The number of halogens is 4. The third-order valence-corrected chi connectivity index (χ3v) is 15.1. The lowest BCUT2D eigenvalue weighted by Crippen LogP contribution is -2.33. The van der Waals surface area contributed by atoms with Gasteiger partial charge in [0.1, 0.15) is 23.0 Å². The average Bonchev–Trinajstić information content (AvgIpc) is 3.58. The minimum absolute atomic E-state index is 0. The second-order valence-electron chi connectivity index (χ2n) is 15.6. The number of hydrogen-bond donors (Lipinski definition) is 0. The number of carbonyl (C=O) groups is 2. The van der Waals surface area contributed by atoms with Crippen LogP contribution in [-0.2, 0) is 15.1 Å². The molecule has 6 aromatic rings. The molecule has 0 aliphatic carbocycles. The van der Waals surface area contributed by atoms with Crippen LogP contribution in [0, 0.1) is 13.8 Å². The van der Waals surface area contributed by atoms with E-state index in [0.29, 0.717) is 22.6 Å². The predicted molar refractivity (Wildman–Crippen MR) is 277 cm³/mol. The van der Waals surface area contributed by atoms with Gasteiger partial charge in [-0.1, -0.05) is 83.1 Å². The van der Waals surface area contributed by atoms with Crippen LogP contribution in [0.3, 0.4) is 0 Å². The van der Waals surface area contributed by atoms with Crippen LogP contribution < -0.4 is 19.3 Å². The summed E-state index contributed by atoms with van der Waals surface area (Å²) in [6, 6.07) is 31.7. The highest BCUT2D eigenvalue weighted by molar-refractivity contribution is 9.11. The molecule has 0 radical (unpaired) electrons. The van der Waals surface area contributed by atoms with Crippen molar-refractivity contribution in [1.29, 1.82) is 0 Å². The molecule has 12 heteroatoms. The van der Waals surface area contributed by atoms with Crippen LogP contribution in [0.5, 0.6) is 23.0 Å². The first-order chi connectivity index (χ1) is 30.3. The summed E-state index contributed by atoms with van der Waals surface area (Å²) >= 11 is 14.9. The van der Waals surface area contributed by atoms with E-state index in [1.165, 1.54) is 7.11 Å². The van der Waals surface area contributed by atoms with E-state index < -0.39 is 5.60 Å². The summed E-state index contributed by atoms with van der Waals surface area (Å²) in [6.45, 7) is 16.1. The highest BCUT2D eigenvalue weighted by Crippen LogP contribution is 2.58. The Hall–Kier alpha value is -4.62. The zero-order chi connectivity index (χ0) is 44.9. The lowest BCUT2D eigenvalue weighted by molar-refractivity contribution is 0.0223. The molecule has 0 amide bonds. The van der Waals surface area contributed by atoms with Crippen LogP contribution in [-0.4, -0.2) is 45.2 Å². The average molecular weight is 1130 g/mol. The van der Waals surface area contributed by atoms with E-state index in [4.69, 9.17) is 18.9 Å². The van der Waals surface area contributed by atoms with Crippen LogP contribution >= 0.6 is 63.7 Å². The van der Waals surface area contributed by atoms with Crippen molar-refractivity contribution in [1.82, 2.24) is 0 Å². The summed E-state index contributed by atoms with van der Waals surface area (Å²) in [5.74, 6) is 2.15. The van der Waals surface area contributed by atoms with Gasteiger partial charge in [-0.05, 0) is 139 Å². The van der Waals surface area contributed by atoms with Crippen LogP contribution in [0.2, 0.25) is 0 Å². The molecular formula is C53H54Br4N2O6. The molecule has 65 heavy (non-hydrogen) atoms. The predicted octanol–water partition coefficient (Wildman–Crippen LogP) is 15.6. The van der Waals surface area contributed by atoms with Crippen molar-refractivity contribution in [3.05, 3.63) is 171 Å². The number of nitrogens with zero attached hydrogens (tertiary/aromatic N) is 2. The number of anilines is 2. The molecule has 2 unspecified atom stereocenters. The Bertz CT molecular complexity index is 2800. The van der Waals surface area contributed by atoms with Crippen LogP contribution in [0.15, 0.2) is 115 Å². The van der Waals surface area contributed by atoms with Gasteiger partial charge in [0.05, 0.1) is 29.6 Å². The van der Waals surface area contributed by atoms with Crippen molar-refractivity contribution >= 4 is 87.0 Å². The summed E-state index contributed by atoms with van der Waals surface area (Å²) < 4.78 is 28.1. The van der Waals surface area contributed by atoms with Gasteiger partial charge < -0.3 is 28.7 Å². The number of methoxy groups -OCH3 is 1. The van der Waals surface area contributed by atoms with Gasteiger partial charge in [-0.3, -0.25) is 0 Å². The maximum absolute atomic E-state index is 13.0. The van der Waals surface area contributed by atoms with Crippen LogP contribution in [0.4, 0.5) is 11.4 Å². The fourth-order valence-electron chi connectivity index (χ4n) is 8.93. The van der Waals surface area contributed by atoms with E-state index in [-0.39, 0.29) is 32.7 Å². The minimum Gasteiger partial charge on any atom is -0.465 e. The normalized spacial score (nSPS) is 15.7. The fourth-order valence-corrected chi connectivity index (χ4v) is 10.8. The van der Waals surface area contributed by atoms with Gasteiger partial charge in [-0.15, -0.1) is 0 Å². The Labute approximate surface area is 417 Å². The molecule has 2 atom stereocenters. The van der Waals surface area contributed by atoms with Gasteiger partial charge in [0, 0.05) is 89.9 Å². The topological polar surface area (TPSA) is 77.5 Å². The molecule has 0 fully saturated rings. The number of carbonyl (C=O) groups excluding carboxylic acids is 2. The molecule has 340 valence electrons. The molecule has 1 spiro atoms. The number of aryl methyl sites for hydroxylation is 2. The Morgan fingerprint density at radius 3 is 1.68 bits per heavy atom. The van der Waals surface area contributed by atoms with Crippen LogP contribution in [0.25, 0.3) is 0 Å². The molecule has 0 aromatic heterocycles. The SMILES string of the molecule is C.C.CCN(CC)c1cc2c(cc1Br)C(c1ccccc1C(=O)OC)c1cc(Br)c(C)cc1O2.CCN(CC)c1cc2c(cc1Br)C1(OC(=O)c3ccccc31)c1cc(Br)c(C)cc1O2. The number of fused-ring (bicyclic) bond motifs is 8. The van der Waals surface area contributed by atoms with Crippen molar-refractivity contribution in [3.63, 3.8) is 0 Å². The van der Waals surface area contributed by atoms with Crippen LogP contribution in [0.1, 0.15) is 114 Å². The summed E-state index contributed by atoms with van der Waals surface area (Å²) in [4.78, 5) is 30.1. The van der Waals surface area contributed by atoms with Gasteiger partial charge in [0.15, 0.2) is 5.60 Å². The first kappa shape index (κ1) is 49.8. The molecule has 0 N–H and O–H groups in total. The molecule has 9 rings (SSSR count). The second-order valence-corrected chi connectivity index (χ2v) is 19.0. The molecular weight excluding hydrogens is 1080 g/mol. The first-order valence-corrected chi connectivity index (χ1v) is 24.1. The maximum Gasteiger partial charge on any atom is 0.340 e. The van der Waals surface area contributed by atoms with Gasteiger partial charge >= 0.3 is 11.9 Å². The highest BCUT2D eigenvalue weighted by Gasteiger charge is 2.54. The lowest BCUT2D eigenvalue weighted by Gasteiger charge is -2.38. The molecule has 0 bridgehead atoms. The molecule has 6 aromatic carbocycles. The van der Waals surface area contributed by atoms with Crippen molar-refractivity contribution in [2.24, 2.45) is 0 Å². The summed E-state index contributed by atoms with van der Waals surface area (Å²) in [5, 5.41) is 0. The van der Waals surface area contributed by atoms with E-state index in [0.717, 1.165) is 111 Å². The molecule has 8 nitrogen and oxygen atoms in total. The third kappa shape index (κ3) is 8.65. The quantitative estimate of drug-likeness (QED) is 0.139. The third-order valence-electron chi connectivity index (χ3n) is 12.2. The van der Waals surface area contributed by atoms with E-state index in [9.17, 15) is 9.59 Å². The maximum atomic E-state index is 13.0. The first-order valence-electron chi connectivity index (χ1n) is 20.9. The van der Waals surface area contributed by atoms with E-state index in [2.05, 4.69) is 125 Å². The summed E-state index contributed by atoms with van der Waals surface area (Å²) in [7, 11) is 1.41.